The lowest BCUT2D eigenvalue weighted by atomic mass is 9.87. The van der Waals surface area contributed by atoms with Gasteiger partial charge in [0.25, 0.3) is 0 Å². The van der Waals surface area contributed by atoms with Gasteiger partial charge in [0.05, 0.1) is 11.4 Å². The maximum atomic E-state index is 6.15. The summed E-state index contributed by atoms with van der Waals surface area (Å²) in [5, 5.41) is 0. The molecular formula is C25H21N3. The van der Waals surface area contributed by atoms with E-state index in [1.807, 2.05) is 24.3 Å². The van der Waals surface area contributed by atoms with Crippen molar-refractivity contribution < 1.29 is 0 Å². The van der Waals surface area contributed by atoms with Crippen LogP contribution in [-0.2, 0) is 6.42 Å². The van der Waals surface area contributed by atoms with Crippen molar-refractivity contribution in [3.8, 4) is 33.4 Å². The van der Waals surface area contributed by atoms with Crippen LogP contribution in [0.15, 0.2) is 78.9 Å². The molecule has 0 spiro atoms. The van der Waals surface area contributed by atoms with Crippen molar-refractivity contribution in [2.75, 3.05) is 17.2 Å². The van der Waals surface area contributed by atoms with Crippen molar-refractivity contribution in [1.82, 2.24) is 0 Å². The molecule has 4 aromatic rings. The smallest absolute Gasteiger partial charge is 0.0554 e. The molecule has 0 heterocycles. The molecule has 0 aromatic heterocycles. The molecule has 0 radical (unpaired) electrons. The lowest BCUT2D eigenvalue weighted by Gasteiger charge is -2.17. The van der Waals surface area contributed by atoms with Gasteiger partial charge in [0.1, 0.15) is 0 Å². The van der Waals surface area contributed by atoms with Crippen molar-refractivity contribution in [2.45, 2.75) is 6.42 Å². The Labute approximate surface area is 164 Å². The zero-order valence-electron chi connectivity index (χ0n) is 15.4. The fraction of sp³-hybridized carbons (Fsp3) is 0.0400. The van der Waals surface area contributed by atoms with Gasteiger partial charge in [-0.15, -0.1) is 0 Å². The highest BCUT2D eigenvalue weighted by molar-refractivity contribution is 5.94. The summed E-state index contributed by atoms with van der Waals surface area (Å²) < 4.78 is 0. The molecule has 1 aliphatic carbocycles. The van der Waals surface area contributed by atoms with Crippen LogP contribution in [0.25, 0.3) is 33.4 Å². The predicted octanol–water partition coefficient (Wildman–Crippen LogP) is 5.34. The Morgan fingerprint density at radius 2 is 1.29 bits per heavy atom. The van der Waals surface area contributed by atoms with E-state index in [1.54, 1.807) is 0 Å². The Morgan fingerprint density at radius 1 is 0.571 bits per heavy atom. The van der Waals surface area contributed by atoms with Crippen molar-refractivity contribution >= 4 is 17.1 Å². The highest BCUT2D eigenvalue weighted by atomic mass is 14.7. The summed E-state index contributed by atoms with van der Waals surface area (Å²) in [6.07, 6.45) is 0.911. The van der Waals surface area contributed by atoms with E-state index in [0.29, 0.717) is 11.4 Å². The van der Waals surface area contributed by atoms with Crippen LogP contribution in [-0.4, -0.2) is 0 Å². The van der Waals surface area contributed by atoms with Gasteiger partial charge in [-0.25, -0.2) is 0 Å². The van der Waals surface area contributed by atoms with E-state index in [4.69, 9.17) is 17.2 Å². The number of hydrogen-bond acceptors (Lipinski definition) is 3. The van der Waals surface area contributed by atoms with Crippen molar-refractivity contribution in [3.63, 3.8) is 0 Å². The van der Waals surface area contributed by atoms with E-state index in [9.17, 15) is 0 Å². The van der Waals surface area contributed by atoms with Crippen LogP contribution in [0.2, 0.25) is 0 Å². The zero-order chi connectivity index (χ0) is 19.3. The molecule has 28 heavy (non-hydrogen) atoms. The molecule has 0 saturated heterocycles. The molecule has 0 unspecified atom stereocenters. The second-order valence-corrected chi connectivity index (χ2v) is 7.31. The van der Waals surface area contributed by atoms with E-state index in [2.05, 4.69) is 54.6 Å². The maximum Gasteiger partial charge on any atom is 0.0554 e. The van der Waals surface area contributed by atoms with Gasteiger partial charge in [-0.05, 0) is 75.2 Å². The molecule has 3 nitrogen and oxygen atoms in total. The van der Waals surface area contributed by atoms with Crippen molar-refractivity contribution in [1.29, 1.82) is 0 Å². The Bertz CT molecular complexity index is 1210. The van der Waals surface area contributed by atoms with Crippen molar-refractivity contribution in [3.05, 3.63) is 90.0 Å². The van der Waals surface area contributed by atoms with E-state index >= 15 is 0 Å². The van der Waals surface area contributed by atoms with E-state index in [0.717, 1.165) is 23.2 Å². The van der Waals surface area contributed by atoms with Crippen LogP contribution in [0.3, 0.4) is 0 Å². The minimum Gasteiger partial charge on any atom is -0.399 e. The molecule has 136 valence electrons. The largest absolute Gasteiger partial charge is 0.399 e. The van der Waals surface area contributed by atoms with Crippen LogP contribution in [0.5, 0.6) is 0 Å². The minimum absolute atomic E-state index is 0.605. The fourth-order valence-corrected chi connectivity index (χ4v) is 4.17. The Hall–Kier alpha value is -3.72. The quantitative estimate of drug-likeness (QED) is 0.371. The third-order valence-electron chi connectivity index (χ3n) is 5.58. The Balaban J connectivity index is 1.80. The van der Waals surface area contributed by atoms with Gasteiger partial charge in [0.15, 0.2) is 0 Å². The first kappa shape index (κ1) is 16.5. The lowest BCUT2D eigenvalue weighted by molar-refractivity contribution is 1.26. The molecule has 0 fully saturated rings. The van der Waals surface area contributed by atoms with Gasteiger partial charge in [0, 0.05) is 5.69 Å². The lowest BCUT2D eigenvalue weighted by Crippen LogP contribution is -1.97. The molecule has 0 bridgehead atoms. The molecule has 4 aromatic carbocycles. The summed E-state index contributed by atoms with van der Waals surface area (Å²) in [6.45, 7) is 0. The van der Waals surface area contributed by atoms with Gasteiger partial charge in [-0.2, -0.15) is 0 Å². The van der Waals surface area contributed by atoms with E-state index in [1.165, 1.54) is 33.4 Å². The van der Waals surface area contributed by atoms with Crippen LogP contribution in [0, 0.1) is 0 Å². The zero-order valence-corrected chi connectivity index (χ0v) is 15.4. The first-order valence-electron chi connectivity index (χ1n) is 9.37. The third kappa shape index (κ3) is 2.52. The third-order valence-corrected chi connectivity index (χ3v) is 5.58. The number of hydrogen-bond donors (Lipinski definition) is 3. The van der Waals surface area contributed by atoms with Crippen LogP contribution in [0.1, 0.15) is 11.1 Å². The van der Waals surface area contributed by atoms with Gasteiger partial charge >= 0.3 is 0 Å². The average Bonchev–Trinajstić information content (AvgIpc) is 3.09. The molecule has 0 saturated carbocycles. The number of benzene rings is 4. The minimum atomic E-state index is 0.605. The summed E-state index contributed by atoms with van der Waals surface area (Å²) >= 11 is 0. The monoisotopic (exact) mass is 363 g/mol. The number of nitrogens with two attached hydrogens (primary N) is 3. The van der Waals surface area contributed by atoms with Gasteiger partial charge < -0.3 is 17.2 Å². The first-order chi connectivity index (χ1) is 13.6. The number of rotatable bonds is 2. The second kappa shape index (κ2) is 6.17. The summed E-state index contributed by atoms with van der Waals surface area (Å²) in [6, 6.07) is 27.0. The van der Waals surface area contributed by atoms with Gasteiger partial charge in [-0.3, -0.25) is 0 Å². The van der Waals surface area contributed by atoms with Gasteiger partial charge in [-0.1, -0.05) is 54.6 Å². The van der Waals surface area contributed by atoms with Crippen LogP contribution >= 0.6 is 0 Å². The highest BCUT2D eigenvalue weighted by Crippen LogP contribution is 2.46. The first-order valence-corrected chi connectivity index (χ1v) is 9.37. The highest BCUT2D eigenvalue weighted by Gasteiger charge is 2.24. The fourth-order valence-electron chi connectivity index (χ4n) is 4.17. The molecule has 1 aliphatic rings. The molecule has 0 atom stereocenters. The topological polar surface area (TPSA) is 78.1 Å². The number of anilines is 3. The Kier molecular flexibility index (Phi) is 3.63. The molecule has 0 amide bonds. The maximum absolute atomic E-state index is 6.15. The SMILES string of the molecule is Nc1ccc(-c2ccc3c(c2-c2ccc(N)c(N)c2)Cc2ccccc2-3)cc1. The average molecular weight is 363 g/mol. The molecule has 3 heteroatoms. The van der Waals surface area contributed by atoms with Gasteiger partial charge in [0.2, 0.25) is 0 Å². The molecule has 5 rings (SSSR count). The summed E-state index contributed by atoms with van der Waals surface area (Å²) in [5.41, 5.74) is 29.9. The predicted molar refractivity (Wildman–Crippen MR) is 119 cm³/mol. The van der Waals surface area contributed by atoms with E-state index < -0.39 is 0 Å². The van der Waals surface area contributed by atoms with Crippen molar-refractivity contribution in [2.24, 2.45) is 0 Å². The normalized spacial score (nSPS) is 11.9. The van der Waals surface area contributed by atoms with E-state index in [-0.39, 0.29) is 0 Å². The number of nitrogen functional groups attached to an aromatic ring is 3. The standard InChI is InChI=1S/C25H21N3/c26-18-8-5-15(6-9-18)20-10-11-21-19-4-2-1-3-16(19)13-22(21)25(20)17-7-12-23(27)24(28)14-17/h1-12,14H,13,26-28H2. The summed E-state index contributed by atoms with van der Waals surface area (Å²) in [4.78, 5) is 0. The summed E-state index contributed by atoms with van der Waals surface area (Å²) in [5.74, 6) is 0. The molecule has 6 N–H and O–H groups in total. The summed E-state index contributed by atoms with van der Waals surface area (Å²) in [7, 11) is 0. The molecular weight excluding hydrogens is 342 g/mol. The molecule has 0 aliphatic heterocycles. The number of fused-ring (bicyclic) bond motifs is 3. The van der Waals surface area contributed by atoms with Crippen LogP contribution < -0.4 is 17.2 Å². The second-order valence-electron chi connectivity index (χ2n) is 7.31. The Morgan fingerprint density at radius 3 is 2.07 bits per heavy atom. The van der Waals surface area contributed by atoms with Crippen LogP contribution in [0.4, 0.5) is 17.1 Å².